The van der Waals surface area contributed by atoms with Gasteiger partial charge in [0.05, 0.1) is 37.6 Å². The Morgan fingerprint density at radius 2 is 1.75 bits per heavy atom. The predicted molar refractivity (Wildman–Crippen MR) is 164 cm³/mol. The van der Waals surface area contributed by atoms with Crippen LogP contribution in [0.5, 0.6) is 11.5 Å². The van der Waals surface area contributed by atoms with Crippen LogP contribution >= 0.6 is 0 Å². The molecular formula is C31H37FN4O7S. The molecule has 0 spiro atoms. The minimum absolute atomic E-state index is 0.0232. The van der Waals surface area contributed by atoms with Gasteiger partial charge in [-0.05, 0) is 73.7 Å². The van der Waals surface area contributed by atoms with Gasteiger partial charge in [-0.25, -0.2) is 17.6 Å². The molecule has 4 rings (SSSR count). The van der Waals surface area contributed by atoms with Crippen molar-refractivity contribution in [2.24, 2.45) is 5.92 Å². The van der Waals surface area contributed by atoms with E-state index in [1.165, 1.54) is 54.9 Å². The van der Waals surface area contributed by atoms with Gasteiger partial charge in [-0.15, -0.1) is 0 Å². The minimum atomic E-state index is -3.89. The van der Waals surface area contributed by atoms with Gasteiger partial charge in [-0.1, -0.05) is 6.92 Å². The summed E-state index contributed by atoms with van der Waals surface area (Å²) in [6.07, 6.45) is -0.750. The topological polar surface area (TPSA) is 138 Å². The molecule has 0 fully saturated rings. The van der Waals surface area contributed by atoms with Crippen LogP contribution in [0.3, 0.4) is 0 Å². The molecule has 0 radical (unpaired) electrons. The maximum atomic E-state index is 13.5. The minimum Gasteiger partial charge on any atom is -0.497 e. The maximum Gasteiger partial charge on any atom is 0.323 e. The Balaban J connectivity index is 1.60. The number of benzene rings is 3. The molecule has 13 heteroatoms. The number of sulfonamides is 1. The molecule has 0 bridgehead atoms. The van der Waals surface area contributed by atoms with E-state index in [1.807, 2.05) is 6.92 Å². The Bertz CT molecular complexity index is 1570. The molecule has 1 aliphatic rings. The van der Waals surface area contributed by atoms with Gasteiger partial charge in [0, 0.05) is 36.4 Å². The van der Waals surface area contributed by atoms with Crippen molar-refractivity contribution in [3.8, 4) is 11.5 Å². The van der Waals surface area contributed by atoms with Crippen LogP contribution in [0, 0.1) is 11.7 Å². The number of aliphatic hydroxyl groups excluding tert-OH is 1. The highest BCUT2D eigenvalue weighted by molar-refractivity contribution is 7.89. The van der Waals surface area contributed by atoms with Gasteiger partial charge >= 0.3 is 6.03 Å². The Morgan fingerprint density at radius 3 is 2.39 bits per heavy atom. The summed E-state index contributed by atoms with van der Waals surface area (Å²) in [5.74, 6) is -0.114. The molecule has 3 atom stereocenters. The Morgan fingerprint density at radius 1 is 1.11 bits per heavy atom. The van der Waals surface area contributed by atoms with E-state index in [0.717, 1.165) is 0 Å². The molecule has 0 aromatic heterocycles. The van der Waals surface area contributed by atoms with E-state index < -0.39 is 34.0 Å². The average molecular weight is 629 g/mol. The zero-order chi connectivity index (χ0) is 32.0. The second-order valence-electron chi connectivity index (χ2n) is 10.8. The molecule has 3 aromatic carbocycles. The molecule has 11 nitrogen and oxygen atoms in total. The molecule has 3 amide bonds. The summed E-state index contributed by atoms with van der Waals surface area (Å²) >= 11 is 0. The van der Waals surface area contributed by atoms with Crippen molar-refractivity contribution in [1.29, 1.82) is 0 Å². The highest BCUT2D eigenvalue weighted by Crippen LogP contribution is 2.30. The third kappa shape index (κ3) is 7.84. The van der Waals surface area contributed by atoms with Gasteiger partial charge in [0.1, 0.15) is 23.4 Å². The van der Waals surface area contributed by atoms with E-state index in [1.54, 1.807) is 42.2 Å². The van der Waals surface area contributed by atoms with Crippen LogP contribution in [0.15, 0.2) is 71.6 Å². The van der Waals surface area contributed by atoms with Crippen molar-refractivity contribution < 1.29 is 37.0 Å². The van der Waals surface area contributed by atoms with E-state index in [-0.39, 0.29) is 42.8 Å². The number of rotatable bonds is 9. The Hall–Kier alpha value is -4.20. The van der Waals surface area contributed by atoms with Gasteiger partial charge in [-0.3, -0.25) is 4.79 Å². The number of nitrogens with one attached hydrogen (secondary N) is 2. The molecule has 3 aromatic rings. The number of ether oxygens (including phenoxy) is 2. The second-order valence-corrected chi connectivity index (χ2v) is 12.8. The fourth-order valence-electron chi connectivity index (χ4n) is 4.83. The smallest absolute Gasteiger partial charge is 0.323 e. The van der Waals surface area contributed by atoms with Crippen LogP contribution < -0.4 is 20.1 Å². The first-order chi connectivity index (χ1) is 20.9. The van der Waals surface area contributed by atoms with Crippen LogP contribution in [0.1, 0.15) is 19.4 Å². The number of nitrogens with zero attached hydrogens (tertiary/aromatic N) is 2. The third-order valence-electron chi connectivity index (χ3n) is 7.48. The van der Waals surface area contributed by atoms with Crippen molar-refractivity contribution in [2.45, 2.75) is 37.3 Å². The zero-order valence-electron chi connectivity index (χ0n) is 25.0. The van der Waals surface area contributed by atoms with Crippen molar-refractivity contribution in [3.63, 3.8) is 0 Å². The molecule has 0 saturated carbocycles. The van der Waals surface area contributed by atoms with Gasteiger partial charge in [0.15, 0.2) is 0 Å². The first-order valence-electron chi connectivity index (χ1n) is 14.0. The number of fused-ring (bicyclic) bond motifs is 1. The van der Waals surface area contributed by atoms with E-state index in [9.17, 15) is 27.5 Å². The van der Waals surface area contributed by atoms with E-state index >= 15 is 0 Å². The number of hydrogen-bond donors (Lipinski definition) is 3. The predicted octanol–water partition coefficient (Wildman–Crippen LogP) is 3.95. The number of hydrogen-bond acceptors (Lipinski definition) is 7. The van der Waals surface area contributed by atoms with Crippen LogP contribution in [0.2, 0.25) is 0 Å². The number of carbonyl (C=O) groups excluding carboxylic acids is 2. The first kappa shape index (κ1) is 32.7. The first-order valence-corrected chi connectivity index (χ1v) is 15.5. The lowest BCUT2D eigenvalue weighted by Crippen LogP contribution is -2.48. The summed E-state index contributed by atoms with van der Waals surface area (Å²) in [5.41, 5.74) is 1.25. The van der Waals surface area contributed by atoms with Crippen molar-refractivity contribution in [3.05, 3.63) is 78.1 Å². The van der Waals surface area contributed by atoms with Gasteiger partial charge in [-0.2, -0.15) is 4.31 Å². The lowest BCUT2D eigenvalue weighted by Gasteiger charge is -2.33. The second kappa shape index (κ2) is 14.1. The van der Waals surface area contributed by atoms with Gasteiger partial charge in [0.2, 0.25) is 15.9 Å². The number of urea groups is 1. The van der Waals surface area contributed by atoms with E-state index in [2.05, 4.69) is 10.6 Å². The summed E-state index contributed by atoms with van der Waals surface area (Å²) in [4.78, 5) is 27.7. The van der Waals surface area contributed by atoms with Crippen molar-refractivity contribution in [1.82, 2.24) is 9.21 Å². The molecule has 236 valence electrons. The molecule has 1 heterocycles. The van der Waals surface area contributed by atoms with Crippen LogP contribution in [-0.4, -0.2) is 80.7 Å². The summed E-state index contributed by atoms with van der Waals surface area (Å²) in [6, 6.07) is 15.2. The summed E-state index contributed by atoms with van der Waals surface area (Å²) in [6.45, 7) is 3.54. The monoisotopic (exact) mass is 628 g/mol. The lowest BCUT2D eigenvalue weighted by molar-refractivity contribution is -0.134. The highest BCUT2D eigenvalue weighted by atomic mass is 32.2. The largest absolute Gasteiger partial charge is 0.497 e. The van der Waals surface area contributed by atoms with Crippen LogP contribution in [-0.2, 0) is 21.2 Å². The maximum absolute atomic E-state index is 13.5. The number of amides is 3. The number of anilines is 2. The van der Waals surface area contributed by atoms with Gasteiger partial charge in [0.25, 0.3) is 0 Å². The van der Waals surface area contributed by atoms with Crippen LogP contribution in [0.4, 0.5) is 20.6 Å². The van der Waals surface area contributed by atoms with E-state index in [0.29, 0.717) is 28.4 Å². The standard InChI is InChI=1S/C31H37FN4O7S/c1-20-17-36(21(2)19-37)30(38)16-22-15-25(34-31(39)33-24-7-5-23(32)6-8-24)9-14-28(22)43-29(20)18-35(3)44(40,41)27-12-10-26(42-4)11-13-27/h5-15,20-21,29,37H,16-19H2,1-4H3,(H2,33,34,39)/t20-,21-,29+/m0/s1. The van der Waals surface area contributed by atoms with Crippen molar-refractivity contribution >= 4 is 33.3 Å². The number of methoxy groups -OCH3 is 1. The molecule has 0 saturated heterocycles. The Labute approximate surface area is 256 Å². The summed E-state index contributed by atoms with van der Waals surface area (Å²) in [7, 11) is -0.922. The summed E-state index contributed by atoms with van der Waals surface area (Å²) in [5, 5.41) is 15.2. The van der Waals surface area contributed by atoms with Crippen molar-refractivity contribution in [2.75, 3.05) is 44.5 Å². The van der Waals surface area contributed by atoms with Gasteiger partial charge < -0.3 is 30.1 Å². The number of aliphatic hydroxyl groups is 1. The zero-order valence-corrected chi connectivity index (χ0v) is 25.8. The third-order valence-corrected chi connectivity index (χ3v) is 9.32. The normalized spacial score (nSPS) is 17.9. The Kier molecular flexibility index (Phi) is 10.4. The quantitative estimate of drug-likeness (QED) is 0.326. The number of carbonyl (C=O) groups is 2. The molecule has 44 heavy (non-hydrogen) atoms. The molecular weight excluding hydrogens is 591 g/mol. The summed E-state index contributed by atoms with van der Waals surface area (Å²) < 4.78 is 52.8. The SMILES string of the molecule is COc1ccc(S(=O)(=O)N(C)C[C@H]2Oc3ccc(NC(=O)Nc4ccc(F)cc4)cc3CC(=O)N([C@@H](C)CO)C[C@@H]2C)cc1. The average Bonchev–Trinajstić information content (AvgIpc) is 3.05. The molecule has 3 N–H and O–H groups in total. The number of halogens is 1. The molecule has 0 unspecified atom stereocenters. The fraction of sp³-hybridized carbons (Fsp3) is 0.355. The number of likely N-dealkylation sites (N-methyl/N-ethyl adjacent to an activating group) is 1. The highest BCUT2D eigenvalue weighted by Gasteiger charge is 2.33. The fourth-order valence-corrected chi connectivity index (χ4v) is 6.01. The lowest BCUT2D eigenvalue weighted by atomic mass is 10.0. The molecule has 0 aliphatic carbocycles. The molecule has 1 aliphatic heterocycles. The van der Waals surface area contributed by atoms with E-state index in [4.69, 9.17) is 9.47 Å². The van der Waals surface area contributed by atoms with Crippen LogP contribution in [0.25, 0.3) is 0 Å².